The lowest BCUT2D eigenvalue weighted by Crippen LogP contribution is -1.94. The molecule has 120 valence electrons. The molecule has 0 heterocycles. The summed E-state index contributed by atoms with van der Waals surface area (Å²) in [7, 11) is 0. The number of hydrogen-bond donors (Lipinski definition) is 1. The fourth-order valence-corrected chi connectivity index (χ4v) is 3.03. The molecule has 0 unspecified atom stereocenters. The van der Waals surface area contributed by atoms with Crippen molar-refractivity contribution < 1.29 is 0 Å². The van der Waals surface area contributed by atoms with E-state index in [2.05, 4.69) is 18.2 Å². The predicted molar refractivity (Wildman–Crippen MR) is 105 cm³/mol. The second-order valence-corrected chi connectivity index (χ2v) is 6.46. The molecular weight excluding hydrogens is 337 g/mol. The Kier molecular flexibility index (Phi) is 5.24. The minimum atomic E-state index is 0.643. The summed E-state index contributed by atoms with van der Waals surface area (Å²) in [6, 6.07) is 23.8. The number of halogens is 2. The van der Waals surface area contributed by atoms with Crippen LogP contribution < -0.4 is 5.73 Å². The SMILES string of the molecule is Nc1ccc(/C(=C/c2ccccc2)Cc2ccc(Cl)cc2Cl)cc1. The Morgan fingerprint density at radius 1 is 0.875 bits per heavy atom. The molecule has 0 aliphatic carbocycles. The Hall–Kier alpha value is -2.22. The van der Waals surface area contributed by atoms with Gasteiger partial charge < -0.3 is 5.73 Å². The molecular formula is C21H17Cl2N. The molecule has 1 nitrogen and oxygen atoms in total. The molecule has 2 N–H and O–H groups in total. The molecule has 0 radical (unpaired) electrons. The predicted octanol–water partition coefficient (Wildman–Crippen LogP) is 6.36. The topological polar surface area (TPSA) is 26.0 Å². The molecule has 0 saturated heterocycles. The Morgan fingerprint density at radius 2 is 1.58 bits per heavy atom. The quantitative estimate of drug-likeness (QED) is 0.428. The van der Waals surface area contributed by atoms with Gasteiger partial charge in [0.1, 0.15) is 0 Å². The molecule has 3 aromatic carbocycles. The highest BCUT2D eigenvalue weighted by atomic mass is 35.5. The van der Waals surface area contributed by atoms with Crippen LogP contribution in [0.1, 0.15) is 16.7 Å². The first-order valence-corrected chi connectivity index (χ1v) is 8.43. The van der Waals surface area contributed by atoms with Gasteiger partial charge in [0.05, 0.1) is 0 Å². The minimum absolute atomic E-state index is 0.643. The third-order valence-corrected chi connectivity index (χ3v) is 4.40. The lowest BCUT2D eigenvalue weighted by atomic mass is 9.96. The molecule has 0 atom stereocenters. The second kappa shape index (κ2) is 7.57. The largest absolute Gasteiger partial charge is 0.399 e. The zero-order valence-corrected chi connectivity index (χ0v) is 14.6. The first-order valence-electron chi connectivity index (χ1n) is 7.67. The zero-order chi connectivity index (χ0) is 16.9. The van der Waals surface area contributed by atoms with E-state index >= 15 is 0 Å². The molecule has 3 heteroatoms. The summed E-state index contributed by atoms with van der Waals surface area (Å²) in [5, 5.41) is 1.32. The van der Waals surface area contributed by atoms with Crippen LogP contribution >= 0.6 is 23.2 Å². The van der Waals surface area contributed by atoms with Crippen molar-refractivity contribution in [2.24, 2.45) is 0 Å². The van der Waals surface area contributed by atoms with Crippen LogP contribution in [-0.2, 0) is 6.42 Å². The van der Waals surface area contributed by atoms with Gasteiger partial charge >= 0.3 is 0 Å². The van der Waals surface area contributed by atoms with Gasteiger partial charge in [-0.3, -0.25) is 0 Å². The van der Waals surface area contributed by atoms with Gasteiger partial charge in [-0.25, -0.2) is 0 Å². The average molecular weight is 354 g/mol. The Morgan fingerprint density at radius 3 is 2.25 bits per heavy atom. The van der Waals surface area contributed by atoms with Crippen molar-refractivity contribution in [3.8, 4) is 0 Å². The molecule has 0 aliphatic heterocycles. The smallest absolute Gasteiger partial charge is 0.0456 e. The van der Waals surface area contributed by atoms with E-state index in [0.717, 1.165) is 28.8 Å². The highest BCUT2D eigenvalue weighted by Crippen LogP contribution is 2.28. The van der Waals surface area contributed by atoms with E-state index in [9.17, 15) is 0 Å². The Balaban J connectivity index is 2.01. The maximum atomic E-state index is 6.36. The van der Waals surface area contributed by atoms with Crippen LogP contribution in [0.4, 0.5) is 5.69 Å². The van der Waals surface area contributed by atoms with Crippen LogP contribution in [0.25, 0.3) is 11.6 Å². The van der Waals surface area contributed by atoms with E-state index in [1.807, 2.05) is 54.6 Å². The molecule has 0 fully saturated rings. The molecule has 0 amide bonds. The number of anilines is 1. The van der Waals surface area contributed by atoms with Gasteiger partial charge in [-0.05, 0) is 52.9 Å². The van der Waals surface area contributed by atoms with Crippen LogP contribution in [0.3, 0.4) is 0 Å². The minimum Gasteiger partial charge on any atom is -0.399 e. The van der Waals surface area contributed by atoms with E-state index in [1.54, 1.807) is 6.07 Å². The number of allylic oxidation sites excluding steroid dienone is 1. The summed E-state index contributed by atoms with van der Waals surface area (Å²) in [4.78, 5) is 0. The fraction of sp³-hybridized carbons (Fsp3) is 0.0476. The maximum absolute atomic E-state index is 6.36. The van der Waals surface area contributed by atoms with Gasteiger partial charge in [0.15, 0.2) is 0 Å². The summed E-state index contributed by atoms with van der Waals surface area (Å²) in [5.74, 6) is 0. The number of nitrogens with two attached hydrogens (primary N) is 1. The van der Waals surface area contributed by atoms with E-state index < -0.39 is 0 Å². The van der Waals surface area contributed by atoms with Crippen molar-refractivity contribution in [3.05, 3.63) is 99.5 Å². The lowest BCUT2D eigenvalue weighted by molar-refractivity contribution is 1.29. The molecule has 3 aromatic rings. The van der Waals surface area contributed by atoms with Gasteiger partial charge in [-0.1, -0.05) is 77.8 Å². The molecule has 0 saturated carbocycles. The van der Waals surface area contributed by atoms with Gasteiger partial charge in [0.25, 0.3) is 0 Å². The standard InChI is InChI=1S/C21H17Cl2N/c22-19-9-6-17(21(23)14-19)13-18(12-15-4-2-1-3-5-15)16-7-10-20(24)11-8-16/h1-12,14H,13,24H2/b18-12+. The average Bonchev–Trinajstić information content (AvgIpc) is 2.58. The zero-order valence-electron chi connectivity index (χ0n) is 13.0. The van der Waals surface area contributed by atoms with Gasteiger partial charge in [-0.15, -0.1) is 0 Å². The van der Waals surface area contributed by atoms with Crippen LogP contribution in [0.5, 0.6) is 0 Å². The van der Waals surface area contributed by atoms with Gasteiger partial charge in [-0.2, -0.15) is 0 Å². The third kappa shape index (κ3) is 4.19. The Bertz CT molecular complexity index is 853. The highest BCUT2D eigenvalue weighted by Gasteiger charge is 2.08. The summed E-state index contributed by atoms with van der Waals surface area (Å²) < 4.78 is 0. The first kappa shape index (κ1) is 16.6. The summed E-state index contributed by atoms with van der Waals surface area (Å²) in [6.45, 7) is 0. The van der Waals surface area contributed by atoms with E-state index in [1.165, 1.54) is 5.57 Å². The Labute approximate surface area is 152 Å². The number of benzene rings is 3. The normalized spacial score (nSPS) is 11.5. The van der Waals surface area contributed by atoms with Crippen LogP contribution in [0.15, 0.2) is 72.8 Å². The van der Waals surface area contributed by atoms with Gasteiger partial charge in [0, 0.05) is 15.7 Å². The highest BCUT2D eigenvalue weighted by molar-refractivity contribution is 6.35. The van der Waals surface area contributed by atoms with Crippen molar-refractivity contribution >= 4 is 40.5 Å². The molecule has 0 aliphatic rings. The van der Waals surface area contributed by atoms with Crippen molar-refractivity contribution in [1.82, 2.24) is 0 Å². The molecule has 0 aromatic heterocycles. The van der Waals surface area contributed by atoms with Crippen molar-refractivity contribution in [2.45, 2.75) is 6.42 Å². The summed E-state index contributed by atoms with van der Waals surface area (Å²) >= 11 is 12.4. The second-order valence-electron chi connectivity index (χ2n) is 5.61. The molecule has 0 spiro atoms. The number of nitrogen functional groups attached to an aromatic ring is 1. The lowest BCUT2D eigenvalue weighted by Gasteiger charge is -2.11. The number of hydrogen-bond acceptors (Lipinski definition) is 1. The van der Waals surface area contributed by atoms with E-state index in [4.69, 9.17) is 28.9 Å². The van der Waals surface area contributed by atoms with Gasteiger partial charge in [0.2, 0.25) is 0 Å². The monoisotopic (exact) mass is 353 g/mol. The van der Waals surface area contributed by atoms with E-state index in [0.29, 0.717) is 10.0 Å². The van der Waals surface area contributed by atoms with Crippen LogP contribution in [-0.4, -0.2) is 0 Å². The van der Waals surface area contributed by atoms with Crippen molar-refractivity contribution in [3.63, 3.8) is 0 Å². The molecule has 0 bridgehead atoms. The first-order chi connectivity index (χ1) is 11.6. The van der Waals surface area contributed by atoms with Crippen molar-refractivity contribution in [1.29, 1.82) is 0 Å². The van der Waals surface area contributed by atoms with E-state index in [-0.39, 0.29) is 0 Å². The maximum Gasteiger partial charge on any atom is 0.0456 e. The van der Waals surface area contributed by atoms with Crippen LogP contribution in [0.2, 0.25) is 10.0 Å². The molecule has 24 heavy (non-hydrogen) atoms. The fourth-order valence-electron chi connectivity index (χ4n) is 2.55. The van der Waals surface area contributed by atoms with Crippen molar-refractivity contribution in [2.75, 3.05) is 5.73 Å². The third-order valence-electron chi connectivity index (χ3n) is 3.82. The number of rotatable bonds is 4. The van der Waals surface area contributed by atoms with Crippen LogP contribution in [0, 0.1) is 0 Å². The molecule has 3 rings (SSSR count). The summed E-state index contributed by atoms with van der Waals surface area (Å²) in [5.41, 5.74) is 11.1. The summed E-state index contributed by atoms with van der Waals surface area (Å²) in [6.07, 6.45) is 2.89.